The Hall–Kier alpha value is -1.05. The molecule has 1 aromatic heterocycles. The zero-order valence-corrected chi connectivity index (χ0v) is 9.50. The molecule has 0 aliphatic rings. The third kappa shape index (κ3) is 5.40. The van der Waals surface area contributed by atoms with E-state index in [0.29, 0.717) is 12.2 Å². The minimum atomic E-state index is 0.363. The highest BCUT2D eigenvalue weighted by Gasteiger charge is 2.03. The van der Waals surface area contributed by atoms with Crippen LogP contribution in [0.4, 0.5) is 0 Å². The number of rotatable bonds is 8. The van der Waals surface area contributed by atoms with E-state index in [1.807, 2.05) is 12.1 Å². The van der Waals surface area contributed by atoms with Gasteiger partial charge in [-0.15, -0.1) is 0 Å². The molecule has 0 aliphatic heterocycles. The van der Waals surface area contributed by atoms with Crippen molar-refractivity contribution in [3.8, 4) is 0 Å². The fraction of sp³-hybridized carbons (Fsp3) is 0.615. The van der Waals surface area contributed by atoms with Crippen LogP contribution in [0.5, 0.6) is 0 Å². The molecule has 1 rings (SSSR count). The van der Waals surface area contributed by atoms with Gasteiger partial charge < -0.3 is 4.42 Å². The monoisotopic (exact) mass is 208 g/mol. The average Bonchev–Trinajstić information content (AvgIpc) is 2.74. The first-order valence-electron chi connectivity index (χ1n) is 5.87. The molecule has 15 heavy (non-hydrogen) atoms. The second kappa shape index (κ2) is 7.27. The van der Waals surface area contributed by atoms with Crippen LogP contribution in [-0.4, -0.2) is 5.78 Å². The van der Waals surface area contributed by atoms with Crippen LogP contribution in [-0.2, 0) is 11.2 Å². The number of carbonyl (C=O) groups excluding carboxylic acids is 1. The van der Waals surface area contributed by atoms with E-state index >= 15 is 0 Å². The summed E-state index contributed by atoms with van der Waals surface area (Å²) >= 11 is 0. The quantitative estimate of drug-likeness (QED) is 0.609. The zero-order chi connectivity index (χ0) is 10.9. The second-order valence-corrected chi connectivity index (χ2v) is 3.93. The van der Waals surface area contributed by atoms with Crippen LogP contribution < -0.4 is 0 Å². The van der Waals surface area contributed by atoms with Crippen molar-refractivity contribution in [2.75, 3.05) is 0 Å². The average molecular weight is 208 g/mol. The van der Waals surface area contributed by atoms with Crippen molar-refractivity contribution in [2.24, 2.45) is 0 Å². The third-order valence-electron chi connectivity index (χ3n) is 2.54. The highest BCUT2D eigenvalue weighted by atomic mass is 16.3. The first-order chi connectivity index (χ1) is 7.33. The zero-order valence-electron chi connectivity index (χ0n) is 9.50. The van der Waals surface area contributed by atoms with Gasteiger partial charge in [0.1, 0.15) is 11.5 Å². The van der Waals surface area contributed by atoms with Crippen LogP contribution in [0.2, 0.25) is 0 Å². The molecule has 0 aromatic carbocycles. The highest BCUT2D eigenvalue weighted by Crippen LogP contribution is 2.08. The number of carbonyl (C=O) groups is 1. The molecule has 0 saturated carbocycles. The van der Waals surface area contributed by atoms with Crippen LogP contribution in [0.25, 0.3) is 0 Å². The van der Waals surface area contributed by atoms with Gasteiger partial charge in [-0.3, -0.25) is 4.79 Å². The maximum atomic E-state index is 11.5. The van der Waals surface area contributed by atoms with Gasteiger partial charge in [0.05, 0.1) is 6.26 Å². The summed E-state index contributed by atoms with van der Waals surface area (Å²) < 4.78 is 5.17. The van der Waals surface area contributed by atoms with Crippen molar-refractivity contribution in [1.29, 1.82) is 0 Å². The Kier molecular flexibility index (Phi) is 5.83. The largest absolute Gasteiger partial charge is 0.469 e. The Morgan fingerprint density at radius 3 is 2.80 bits per heavy atom. The smallest absolute Gasteiger partial charge is 0.133 e. The molecule has 0 fully saturated rings. The molecule has 2 heteroatoms. The first-order valence-corrected chi connectivity index (χ1v) is 5.87. The van der Waals surface area contributed by atoms with E-state index in [1.54, 1.807) is 6.26 Å². The van der Waals surface area contributed by atoms with Crippen LogP contribution in [0.3, 0.4) is 0 Å². The molecule has 1 heterocycles. The predicted octanol–water partition coefficient (Wildman–Crippen LogP) is 3.75. The second-order valence-electron chi connectivity index (χ2n) is 3.93. The summed E-state index contributed by atoms with van der Waals surface area (Å²) in [5, 5.41) is 0. The number of ketones is 1. The van der Waals surface area contributed by atoms with Crippen LogP contribution in [0, 0.1) is 0 Å². The standard InChI is InChI=1S/C13H20O2/c1-2-3-4-5-7-12(14)9-10-13-8-6-11-15-13/h6,8,11H,2-5,7,9-10H2,1H3. The lowest BCUT2D eigenvalue weighted by molar-refractivity contribution is -0.119. The summed E-state index contributed by atoms with van der Waals surface area (Å²) in [5.41, 5.74) is 0. The highest BCUT2D eigenvalue weighted by molar-refractivity contribution is 5.78. The molecule has 0 aliphatic carbocycles. The lowest BCUT2D eigenvalue weighted by Crippen LogP contribution is -1.99. The maximum absolute atomic E-state index is 11.5. The Morgan fingerprint density at radius 1 is 1.27 bits per heavy atom. The van der Waals surface area contributed by atoms with Gasteiger partial charge in [-0.1, -0.05) is 26.2 Å². The minimum Gasteiger partial charge on any atom is -0.469 e. The topological polar surface area (TPSA) is 30.2 Å². The van der Waals surface area contributed by atoms with Crippen LogP contribution >= 0.6 is 0 Å². The van der Waals surface area contributed by atoms with Crippen molar-refractivity contribution >= 4 is 5.78 Å². The van der Waals surface area contributed by atoms with Crippen molar-refractivity contribution in [1.82, 2.24) is 0 Å². The Morgan fingerprint density at radius 2 is 2.13 bits per heavy atom. The van der Waals surface area contributed by atoms with Crippen molar-refractivity contribution in [3.63, 3.8) is 0 Å². The summed E-state index contributed by atoms with van der Waals surface area (Å²) in [6, 6.07) is 3.78. The normalized spacial score (nSPS) is 10.5. The number of hydrogen-bond donors (Lipinski definition) is 0. The van der Waals surface area contributed by atoms with E-state index in [4.69, 9.17) is 4.42 Å². The summed E-state index contributed by atoms with van der Waals surface area (Å²) in [6.07, 6.45) is 8.46. The number of hydrogen-bond acceptors (Lipinski definition) is 2. The van der Waals surface area contributed by atoms with Crippen LogP contribution in [0.1, 0.15) is 51.2 Å². The molecule has 0 bridgehead atoms. The van der Waals surface area contributed by atoms with E-state index in [1.165, 1.54) is 19.3 Å². The molecule has 0 spiro atoms. The van der Waals surface area contributed by atoms with Gasteiger partial charge in [0.15, 0.2) is 0 Å². The van der Waals surface area contributed by atoms with Crippen molar-refractivity contribution in [3.05, 3.63) is 24.2 Å². The molecule has 0 amide bonds. The molecule has 84 valence electrons. The SMILES string of the molecule is CCCCCCC(=O)CCc1ccco1. The number of Topliss-reactive ketones (excluding diaryl/α,β-unsaturated/α-hetero) is 1. The van der Waals surface area contributed by atoms with Crippen LogP contribution in [0.15, 0.2) is 22.8 Å². The molecular weight excluding hydrogens is 188 g/mol. The van der Waals surface area contributed by atoms with Gasteiger partial charge in [0.2, 0.25) is 0 Å². The molecule has 0 N–H and O–H groups in total. The van der Waals surface area contributed by atoms with Gasteiger partial charge in [0.25, 0.3) is 0 Å². The van der Waals surface area contributed by atoms with E-state index in [0.717, 1.165) is 25.0 Å². The molecular formula is C13H20O2. The molecule has 2 nitrogen and oxygen atoms in total. The summed E-state index contributed by atoms with van der Waals surface area (Å²) in [4.78, 5) is 11.5. The number of aryl methyl sites for hydroxylation is 1. The van der Waals surface area contributed by atoms with Gasteiger partial charge in [-0.05, 0) is 18.6 Å². The van der Waals surface area contributed by atoms with Gasteiger partial charge >= 0.3 is 0 Å². The number of unbranched alkanes of at least 4 members (excludes halogenated alkanes) is 3. The molecule has 0 saturated heterocycles. The Labute approximate surface area is 91.7 Å². The fourth-order valence-electron chi connectivity index (χ4n) is 1.59. The van der Waals surface area contributed by atoms with Crippen molar-refractivity contribution in [2.45, 2.75) is 51.9 Å². The Bertz CT molecular complexity index is 262. The first kappa shape index (κ1) is 12.0. The van der Waals surface area contributed by atoms with Crippen molar-refractivity contribution < 1.29 is 9.21 Å². The van der Waals surface area contributed by atoms with Gasteiger partial charge in [-0.25, -0.2) is 0 Å². The van der Waals surface area contributed by atoms with E-state index in [9.17, 15) is 4.79 Å². The molecule has 0 atom stereocenters. The third-order valence-corrected chi connectivity index (χ3v) is 2.54. The summed E-state index contributed by atoms with van der Waals surface area (Å²) in [7, 11) is 0. The van der Waals surface area contributed by atoms with Gasteiger partial charge in [0, 0.05) is 19.3 Å². The maximum Gasteiger partial charge on any atom is 0.133 e. The fourth-order valence-corrected chi connectivity index (χ4v) is 1.59. The number of furan rings is 1. The van der Waals surface area contributed by atoms with Gasteiger partial charge in [-0.2, -0.15) is 0 Å². The minimum absolute atomic E-state index is 0.363. The molecule has 1 aromatic rings. The Balaban J connectivity index is 2.04. The van der Waals surface area contributed by atoms with E-state index < -0.39 is 0 Å². The lowest BCUT2D eigenvalue weighted by Gasteiger charge is -1.99. The molecule has 0 radical (unpaired) electrons. The predicted molar refractivity (Wildman–Crippen MR) is 60.8 cm³/mol. The lowest BCUT2D eigenvalue weighted by atomic mass is 10.1. The summed E-state index contributed by atoms with van der Waals surface area (Å²) in [5.74, 6) is 1.28. The summed E-state index contributed by atoms with van der Waals surface area (Å²) in [6.45, 7) is 2.18. The van der Waals surface area contributed by atoms with E-state index in [-0.39, 0.29) is 0 Å². The molecule has 0 unspecified atom stereocenters. The van der Waals surface area contributed by atoms with E-state index in [2.05, 4.69) is 6.92 Å².